The fraction of sp³-hybridized carbons (Fsp3) is 0.182. The Morgan fingerprint density at radius 3 is 2.67 bits per heavy atom. The predicted molar refractivity (Wildman–Crippen MR) is 115 cm³/mol. The van der Waals surface area contributed by atoms with Crippen molar-refractivity contribution in [1.29, 1.82) is 0 Å². The molecular weight excluding hydrogens is 402 g/mol. The topological polar surface area (TPSA) is 82.8 Å². The van der Waals surface area contributed by atoms with Gasteiger partial charge in [0.15, 0.2) is 5.82 Å². The van der Waals surface area contributed by atoms with Crippen molar-refractivity contribution in [3.8, 4) is 22.9 Å². The van der Waals surface area contributed by atoms with E-state index >= 15 is 0 Å². The highest BCUT2D eigenvalue weighted by Crippen LogP contribution is 2.20. The number of ether oxygens (including phenoxy) is 2. The van der Waals surface area contributed by atoms with Crippen LogP contribution in [-0.4, -0.2) is 27.2 Å². The molecular formula is C22H19N3O4S. The molecule has 30 heavy (non-hydrogen) atoms. The number of hydrogen-bond donors (Lipinski definition) is 0. The summed E-state index contributed by atoms with van der Waals surface area (Å²) in [6.45, 7) is 4.06. The van der Waals surface area contributed by atoms with Gasteiger partial charge in [0.05, 0.1) is 11.1 Å². The molecule has 0 amide bonds. The quantitative estimate of drug-likeness (QED) is 0.351. The second-order valence-corrected chi connectivity index (χ2v) is 7.59. The van der Waals surface area contributed by atoms with Crippen molar-refractivity contribution in [2.24, 2.45) is 0 Å². The van der Waals surface area contributed by atoms with E-state index in [0.717, 1.165) is 23.3 Å². The molecule has 0 aliphatic heterocycles. The molecule has 4 aromatic rings. The number of carbonyl (C=O) groups is 1. The standard InChI is InChI=1S/C22H19N3O4S/c1-3-11-28-17-9-7-16(8-10-17)20-23-22-25(24-20)21(27)19(30-22)13-15-5-4-6-18(12-15)29-14(2)26/h4-10,12-13H,3,11H2,1-2H3. The lowest BCUT2D eigenvalue weighted by molar-refractivity contribution is -0.131. The monoisotopic (exact) mass is 421 g/mol. The molecule has 0 aliphatic rings. The zero-order valence-electron chi connectivity index (χ0n) is 16.5. The van der Waals surface area contributed by atoms with Gasteiger partial charge in [-0.15, -0.1) is 5.10 Å². The van der Waals surface area contributed by atoms with Crippen LogP contribution in [0.3, 0.4) is 0 Å². The van der Waals surface area contributed by atoms with Crippen LogP contribution in [0.2, 0.25) is 0 Å². The summed E-state index contributed by atoms with van der Waals surface area (Å²) in [4.78, 5) is 28.9. The maximum atomic E-state index is 12.7. The average Bonchev–Trinajstić information content (AvgIpc) is 3.26. The minimum Gasteiger partial charge on any atom is -0.494 e. The third kappa shape index (κ3) is 4.23. The SMILES string of the molecule is CCCOc1ccc(-c2nc3sc(=Cc4cccc(OC(C)=O)c4)c(=O)n3n2)cc1. The highest BCUT2D eigenvalue weighted by atomic mass is 32.1. The first kappa shape index (κ1) is 19.8. The van der Waals surface area contributed by atoms with Gasteiger partial charge in [-0.25, -0.2) is 0 Å². The van der Waals surface area contributed by atoms with E-state index < -0.39 is 5.97 Å². The fourth-order valence-electron chi connectivity index (χ4n) is 2.86. The van der Waals surface area contributed by atoms with E-state index in [9.17, 15) is 9.59 Å². The smallest absolute Gasteiger partial charge is 0.308 e. The van der Waals surface area contributed by atoms with Gasteiger partial charge in [0.2, 0.25) is 4.96 Å². The second-order valence-electron chi connectivity index (χ2n) is 6.58. The number of aromatic nitrogens is 3. The second kappa shape index (κ2) is 8.46. The molecule has 0 saturated heterocycles. The summed E-state index contributed by atoms with van der Waals surface area (Å²) in [5.74, 6) is 1.31. The van der Waals surface area contributed by atoms with Crippen LogP contribution in [0.25, 0.3) is 22.4 Å². The molecule has 2 aromatic heterocycles. The maximum Gasteiger partial charge on any atom is 0.308 e. The minimum atomic E-state index is -0.395. The van der Waals surface area contributed by atoms with Gasteiger partial charge >= 0.3 is 5.97 Å². The number of rotatable bonds is 6. The Labute approximate surface area is 176 Å². The zero-order chi connectivity index (χ0) is 21.1. The van der Waals surface area contributed by atoms with Crippen LogP contribution >= 0.6 is 11.3 Å². The molecule has 0 unspecified atom stereocenters. The summed E-state index contributed by atoms with van der Waals surface area (Å²) in [5, 5.41) is 4.37. The van der Waals surface area contributed by atoms with Crippen molar-refractivity contribution in [3.63, 3.8) is 0 Å². The van der Waals surface area contributed by atoms with Crippen molar-refractivity contribution in [1.82, 2.24) is 14.6 Å². The number of nitrogens with zero attached hydrogens (tertiary/aromatic N) is 3. The van der Waals surface area contributed by atoms with Crippen LogP contribution in [0.1, 0.15) is 25.8 Å². The molecule has 7 nitrogen and oxygen atoms in total. The number of fused-ring (bicyclic) bond motifs is 1. The fourth-order valence-corrected chi connectivity index (χ4v) is 3.77. The summed E-state index contributed by atoms with van der Waals surface area (Å²) in [5.41, 5.74) is 1.32. The first-order valence-corrected chi connectivity index (χ1v) is 10.3. The molecule has 2 aromatic carbocycles. The van der Waals surface area contributed by atoms with Gasteiger partial charge < -0.3 is 9.47 Å². The third-order valence-electron chi connectivity index (χ3n) is 4.18. The molecule has 0 N–H and O–H groups in total. The van der Waals surface area contributed by atoms with Crippen LogP contribution in [-0.2, 0) is 4.79 Å². The Morgan fingerprint density at radius 2 is 1.97 bits per heavy atom. The van der Waals surface area contributed by atoms with E-state index in [2.05, 4.69) is 17.0 Å². The van der Waals surface area contributed by atoms with Crippen LogP contribution in [0.5, 0.6) is 11.5 Å². The van der Waals surface area contributed by atoms with Crippen LogP contribution in [0, 0.1) is 0 Å². The highest BCUT2D eigenvalue weighted by Gasteiger charge is 2.12. The number of hydrogen-bond acceptors (Lipinski definition) is 7. The van der Waals surface area contributed by atoms with E-state index in [4.69, 9.17) is 9.47 Å². The Balaban J connectivity index is 1.63. The largest absolute Gasteiger partial charge is 0.494 e. The van der Waals surface area contributed by atoms with E-state index in [-0.39, 0.29) is 5.56 Å². The lowest BCUT2D eigenvalue weighted by Crippen LogP contribution is -2.23. The molecule has 0 saturated carbocycles. The van der Waals surface area contributed by atoms with Crippen LogP contribution in [0.15, 0.2) is 53.3 Å². The Morgan fingerprint density at radius 1 is 1.17 bits per heavy atom. The summed E-state index contributed by atoms with van der Waals surface area (Å²) >= 11 is 1.26. The van der Waals surface area contributed by atoms with Crippen LogP contribution < -0.4 is 19.6 Å². The molecule has 8 heteroatoms. The Bertz CT molecular complexity index is 1310. The number of esters is 1. The summed E-state index contributed by atoms with van der Waals surface area (Å²) in [6.07, 6.45) is 2.68. The number of thiazole rings is 1. The molecule has 0 atom stereocenters. The molecule has 4 rings (SSSR count). The van der Waals surface area contributed by atoms with Crippen molar-refractivity contribution < 1.29 is 14.3 Å². The van der Waals surface area contributed by atoms with E-state index in [0.29, 0.717) is 27.7 Å². The van der Waals surface area contributed by atoms with Gasteiger partial charge in [0, 0.05) is 12.5 Å². The van der Waals surface area contributed by atoms with Crippen molar-refractivity contribution in [2.75, 3.05) is 6.61 Å². The molecule has 2 heterocycles. The highest BCUT2D eigenvalue weighted by molar-refractivity contribution is 7.15. The lowest BCUT2D eigenvalue weighted by atomic mass is 10.2. The van der Waals surface area contributed by atoms with Crippen LogP contribution in [0.4, 0.5) is 0 Å². The third-order valence-corrected chi connectivity index (χ3v) is 5.14. The van der Waals surface area contributed by atoms with E-state index in [1.807, 2.05) is 30.3 Å². The summed E-state index contributed by atoms with van der Waals surface area (Å²) in [6, 6.07) is 14.5. The normalized spacial score (nSPS) is 11.7. The Hall–Kier alpha value is -3.52. The molecule has 0 bridgehead atoms. The lowest BCUT2D eigenvalue weighted by Gasteiger charge is -2.04. The van der Waals surface area contributed by atoms with Crippen molar-refractivity contribution in [2.45, 2.75) is 20.3 Å². The van der Waals surface area contributed by atoms with Gasteiger partial charge in [-0.2, -0.15) is 9.50 Å². The maximum absolute atomic E-state index is 12.7. The summed E-state index contributed by atoms with van der Waals surface area (Å²) < 4.78 is 12.5. The molecule has 0 fully saturated rings. The van der Waals surface area contributed by atoms with Gasteiger partial charge in [-0.05, 0) is 54.5 Å². The first-order chi connectivity index (χ1) is 14.5. The first-order valence-electron chi connectivity index (χ1n) is 9.46. The van der Waals surface area contributed by atoms with Crippen molar-refractivity contribution >= 4 is 28.3 Å². The number of carbonyl (C=O) groups excluding carboxylic acids is 1. The predicted octanol–water partition coefficient (Wildman–Crippen LogP) is 3.08. The average molecular weight is 421 g/mol. The zero-order valence-corrected chi connectivity index (χ0v) is 17.3. The number of benzene rings is 2. The molecule has 0 aliphatic carbocycles. The molecule has 0 radical (unpaired) electrons. The van der Waals surface area contributed by atoms with Gasteiger partial charge in [0.25, 0.3) is 5.56 Å². The molecule has 0 spiro atoms. The Kier molecular flexibility index (Phi) is 5.58. The van der Waals surface area contributed by atoms with Gasteiger partial charge in [0.1, 0.15) is 11.5 Å². The van der Waals surface area contributed by atoms with E-state index in [1.165, 1.54) is 22.8 Å². The summed E-state index contributed by atoms with van der Waals surface area (Å²) in [7, 11) is 0. The van der Waals surface area contributed by atoms with Gasteiger partial charge in [-0.3, -0.25) is 9.59 Å². The van der Waals surface area contributed by atoms with E-state index in [1.54, 1.807) is 24.3 Å². The minimum absolute atomic E-state index is 0.241. The van der Waals surface area contributed by atoms with Crippen molar-refractivity contribution in [3.05, 3.63) is 69.0 Å². The molecule has 152 valence electrons. The van der Waals surface area contributed by atoms with Gasteiger partial charge in [-0.1, -0.05) is 30.4 Å².